The van der Waals surface area contributed by atoms with Gasteiger partial charge in [0.2, 0.25) is 0 Å². The van der Waals surface area contributed by atoms with E-state index in [9.17, 15) is 4.79 Å². The van der Waals surface area contributed by atoms with Crippen LogP contribution < -0.4 is 0 Å². The largest absolute Gasteiger partial charge is 0.299 e. The highest BCUT2D eigenvalue weighted by Gasteiger charge is 2.31. The number of Topliss-reactive ketones (excluding diaryl/α,β-unsaturated/α-hetero) is 1. The van der Waals surface area contributed by atoms with E-state index in [0.29, 0.717) is 6.42 Å². The van der Waals surface area contributed by atoms with Crippen molar-refractivity contribution in [3.8, 4) is 0 Å². The molecule has 0 fully saturated rings. The third kappa shape index (κ3) is 1.75. The Morgan fingerprint density at radius 1 is 1.47 bits per heavy atom. The van der Waals surface area contributed by atoms with Crippen molar-refractivity contribution < 1.29 is 4.79 Å². The number of hydrogen-bond acceptors (Lipinski definition) is 3. The monoisotopic (exact) mass is 227 g/mol. The fraction of sp³-hybridized carbons (Fsp3) is 0.308. The summed E-state index contributed by atoms with van der Waals surface area (Å²) in [7, 11) is 1.81. The van der Waals surface area contributed by atoms with Crippen LogP contribution in [0.5, 0.6) is 0 Å². The molecule has 1 aliphatic carbocycles. The Morgan fingerprint density at radius 2 is 2.29 bits per heavy atom. The highest BCUT2D eigenvalue weighted by atomic mass is 16.1. The first kappa shape index (κ1) is 10.2. The number of rotatable bonds is 3. The molecule has 0 bridgehead atoms. The molecule has 2 aromatic rings. The summed E-state index contributed by atoms with van der Waals surface area (Å²) < 4.78 is 1.62. The second-order valence-corrected chi connectivity index (χ2v) is 4.48. The maximum atomic E-state index is 12.1. The fourth-order valence-electron chi connectivity index (χ4n) is 2.32. The van der Waals surface area contributed by atoms with Crippen LogP contribution in [0.1, 0.15) is 22.7 Å². The molecule has 4 heteroatoms. The average Bonchev–Trinajstić information content (AvgIpc) is 2.66. The predicted molar refractivity (Wildman–Crippen MR) is 62.6 cm³/mol. The van der Waals surface area contributed by atoms with E-state index in [0.717, 1.165) is 12.1 Å². The van der Waals surface area contributed by atoms with E-state index >= 15 is 0 Å². The van der Waals surface area contributed by atoms with Crippen molar-refractivity contribution in [2.45, 2.75) is 18.8 Å². The Labute approximate surface area is 99.3 Å². The molecule has 1 unspecified atom stereocenters. The van der Waals surface area contributed by atoms with E-state index in [1.165, 1.54) is 11.1 Å². The zero-order valence-electron chi connectivity index (χ0n) is 9.63. The van der Waals surface area contributed by atoms with Gasteiger partial charge in [0, 0.05) is 19.2 Å². The van der Waals surface area contributed by atoms with Gasteiger partial charge in [-0.25, -0.2) is 0 Å². The number of hydrogen-bond donors (Lipinski definition) is 0. The molecule has 1 aromatic heterocycles. The molecular formula is C13H13N3O. The zero-order chi connectivity index (χ0) is 11.8. The molecule has 0 amide bonds. The molecule has 17 heavy (non-hydrogen) atoms. The third-order valence-electron chi connectivity index (χ3n) is 3.25. The first-order valence-corrected chi connectivity index (χ1v) is 5.70. The predicted octanol–water partition coefficient (Wildman–Crippen LogP) is 1.27. The molecule has 86 valence electrons. The van der Waals surface area contributed by atoms with E-state index in [4.69, 9.17) is 0 Å². The molecule has 1 aromatic carbocycles. The van der Waals surface area contributed by atoms with Crippen LogP contribution in [0, 0.1) is 0 Å². The van der Waals surface area contributed by atoms with Gasteiger partial charge >= 0.3 is 0 Å². The topological polar surface area (TPSA) is 47.8 Å². The van der Waals surface area contributed by atoms with E-state index in [-0.39, 0.29) is 11.7 Å². The number of aromatic nitrogens is 3. The van der Waals surface area contributed by atoms with Gasteiger partial charge in [0.1, 0.15) is 5.78 Å². The summed E-state index contributed by atoms with van der Waals surface area (Å²) in [6, 6.07) is 8.13. The molecule has 1 atom stereocenters. The number of benzene rings is 1. The minimum atomic E-state index is 0.0632. The van der Waals surface area contributed by atoms with Crippen LogP contribution in [0.15, 0.2) is 30.5 Å². The minimum absolute atomic E-state index is 0.0632. The highest BCUT2D eigenvalue weighted by Crippen LogP contribution is 2.35. The summed E-state index contributed by atoms with van der Waals surface area (Å²) in [4.78, 5) is 12.1. The number of fused-ring (bicyclic) bond motifs is 1. The zero-order valence-corrected chi connectivity index (χ0v) is 9.63. The number of carbonyl (C=O) groups excluding carboxylic acids is 1. The van der Waals surface area contributed by atoms with Gasteiger partial charge in [-0.1, -0.05) is 29.5 Å². The van der Waals surface area contributed by atoms with Crippen LogP contribution in [0.3, 0.4) is 0 Å². The molecule has 1 heterocycles. The minimum Gasteiger partial charge on any atom is -0.299 e. The normalized spacial score (nSPS) is 17.4. The second kappa shape index (κ2) is 3.80. The van der Waals surface area contributed by atoms with Gasteiger partial charge in [-0.05, 0) is 17.5 Å². The van der Waals surface area contributed by atoms with E-state index < -0.39 is 0 Å². The van der Waals surface area contributed by atoms with Crippen molar-refractivity contribution in [1.29, 1.82) is 0 Å². The first-order valence-electron chi connectivity index (χ1n) is 5.70. The van der Waals surface area contributed by atoms with Crippen molar-refractivity contribution in [2.24, 2.45) is 7.05 Å². The molecular weight excluding hydrogens is 214 g/mol. The van der Waals surface area contributed by atoms with E-state index in [2.05, 4.69) is 16.4 Å². The second-order valence-electron chi connectivity index (χ2n) is 4.48. The number of carbonyl (C=O) groups is 1. The summed E-state index contributed by atoms with van der Waals surface area (Å²) in [5.41, 5.74) is 3.23. The van der Waals surface area contributed by atoms with Crippen molar-refractivity contribution in [2.75, 3.05) is 0 Å². The summed E-state index contributed by atoms with van der Waals surface area (Å²) in [5.74, 6) is 0.303. The summed E-state index contributed by atoms with van der Waals surface area (Å²) in [5, 5.41) is 7.78. The van der Waals surface area contributed by atoms with Gasteiger partial charge in [0.25, 0.3) is 0 Å². The molecule has 0 spiro atoms. The molecule has 0 radical (unpaired) electrons. The highest BCUT2D eigenvalue weighted by molar-refractivity contribution is 5.90. The Kier molecular flexibility index (Phi) is 2.28. The lowest BCUT2D eigenvalue weighted by Gasteiger charge is -2.28. The molecule has 0 N–H and O–H groups in total. The molecule has 0 saturated carbocycles. The van der Waals surface area contributed by atoms with Crippen molar-refractivity contribution >= 4 is 5.78 Å². The molecule has 0 aliphatic heterocycles. The first-order chi connectivity index (χ1) is 8.24. The lowest BCUT2D eigenvalue weighted by Crippen LogP contribution is -2.26. The van der Waals surface area contributed by atoms with Crippen molar-refractivity contribution in [3.05, 3.63) is 47.3 Å². The fourth-order valence-corrected chi connectivity index (χ4v) is 2.32. The van der Waals surface area contributed by atoms with E-state index in [1.807, 2.05) is 18.2 Å². The lowest BCUT2D eigenvalue weighted by atomic mass is 9.74. The Balaban J connectivity index is 1.73. The number of nitrogens with zero attached hydrogens (tertiary/aromatic N) is 3. The summed E-state index contributed by atoms with van der Waals surface area (Å²) in [6.45, 7) is 0. The summed E-state index contributed by atoms with van der Waals surface area (Å²) in [6.07, 6.45) is 3.05. The Bertz CT molecular complexity index is 574. The van der Waals surface area contributed by atoms with Crippen LogP contribution >= 0.6 is 0 Å². The quantitative estimate of drug-likeness (QED) is 0.793. The Morgan fingerprint density at radius 3 is 3.00 bits per heavy atom. The van der Waals surface area contributed by atoms with Crippen molar-refractivity contribution in [1.82, 2.24) is 15.0 Å². The van der Waals surface area contributed by atoms with Crippen LogP contribution in [-0.2, 0) is 24.7 Å². The smallest absolute Gasteiger partial charge is 0.146 e. The maximum absolute atomic E-state index is 12.1. The van der Waals surface area contributed by atoms with Gasteiger partial charge in [0.05, 0.1) is 12.1 Å². The number of aryl methyl sites for hydroxylation is 1. The SMILES string of the molecule is Cn1cc(CC(=O)C2Cc3ccccc32)nn1. The number of ketones is 1. The van der Waals surface area contributed by atoms with Crippen molar-refractivity contribution in [3.63, 3.8) is 0 Å². The maximum Gasteiger partial charge on any atom is 0.146 e. The molecule has 0 saturated heterocycles. The van der Waals surface area contributed by atoms with Crippen LogP contribution in [-0.4, -0.2) is 20.8 Å². The molecule has 3 rings (SSSR count). The van der Waals surface area contributed by atoms with Gasteiger partial charge < -0.3 is 0 Å². The molecule has 1 aliphatic rings. The molecule has 4 nitrogen and oxygen atoms in total. The van der Waals surface area contributed by atoms with Crippen LogP contribution in [0.2, 0.25) is 0 Å². The van der Waals surface area contributed by atoms with Gasteiger partial charge in [0.15, 0.2) is 0 Å². The Hall–Kier alpha value is -1.97. The van der Waals surface area contributed by atoms with Crippen LogP contribution in [0.4, 0.5) is 0 Å². The van der Waals surface area contributed by atoms with E-state index in [1.54, 1.807) is 17.9 Å². The average molecular weight is 227 g/mol. The van der Waals surface area contributed by atoms with Gasteiger partial charge in [-0.15, -0.1) is 5.10 Å². The standard InChI is InChI=1S/C13H13N3O/c1-16-8-10(14-15-16)7-13(17)12-6-9-4-2-3-5-11(9)12/h2-5,8,12H,6-7H2,1H3. The summed E-state index contributed by atoms with van der Waals surface area (Å²) >= 11 is 0. The van der Waals surface area contributed by atoms with Crippen LogP contribution in [0.25, 0.3) is 0 Å². The third-order valence-corrected chi connectivity index (χ3v) is 3.25. The van der Waals surface area contributed by atoms with Gasteiger partial charge in [-0.2, -0.15) is 0 Å². The lowest BCUT2D eigenvalue weighted by molar-refractivity contribution is -0.120. The van der Waals surface area contributed by atoms with Gasteiger partial charge in [-0.3, -0.25) is 9.48 Å².